The van der Waals surface area contributed by atoms with E-state index in [2.05, 4.69) is 45.1 Å². The second kappa shape index (κ2) is 22.9. The van der Waals surface area contributed by atoms with Crippen molar-refractivity contribution in [2.75, 3.05) is 102 Å². The Morgan fingerprint density at radius 2 is 1.24 bits per heavy atom. The van der Waals surface area contributed by atoms with Gasteiger partial charge in [-0.2, -0.15) is 0 Å². The Bertz CT molecular complexity index is 1610. The zero-order valence-corrected chi connectivity index (χ0v) is 36.7. The fourth-order valence-corrected chi connectivity index (χ4v) is 7.21. The maximum absolute atomic E-state index is 12.4. The first kappa shape index (κ1) is 49.0. The van der Waals surface area contributed by atoms with E-state index in [1.54, 1.807) is 11.0 Å². The van der Waals surface area contributed by atoms with E-state index in [4.69, 9.17) is 42.1 Å². The minimum atomic E-state index is -0.469. The minimum absolute atomic E-state index is 0. The molecule has 2 aromatic carbocycles. The average molecular weight is 852 g/mol. The SMILES string of the molecule is C.C[C@H]1CN(Cc2ccc(N3CCOCC3)cc2Cl)CCN1C(=O)OC(C)(C)C.C[C@H]1CNCCN1C(=O)OC(C)(C)C.O=Cc1ccc(N2CCOCC2)cc1Cl. The van der Waals surface area contributed by atoms with Gasteiger partial charge in [0.15, 0.2) is 6.29 Å². The second-order valence-corrected chi connectivity index (χ2v) is 17.6. The van der Waals surface area contributed by atoms with E-state index < -0.39 is 11.2 Å². The van der Waals surface area contributed by atoms with Crippen LogP contribution in [0.4, 0.5) is 21.0 Å². The number of hydrogen-bond donors (Lipinski definition) is 1. The molecule has 0 aliphatic carbocycles. The highest BCUT2D eigenvalue weighted by molar-refractivity contribution is 6.33. The summed E-state index contributed by atoms with van der Waals surface area (Å²) in [6.07, 6.45) is 0.338. The van der Waals surface area contributed by atoms with Crippen LogP contribution in [0.5, 0.6) is 0 Å². The normalized spacial score (nSPS) is 20.4. The third kappa shape index (κ3) is 15.7. The number of benzene rings is 2. The monoisotopic (exact) mass is 850 g/mol. The lowest BCUT2D eigenvalue weighted by Gasteiger charge is -2.40. The van der Waals surface area contributed by atoms with Gasteiger partial charge in [0.1, 0.15) is 11.2 Å². The molecule has 326 valence electrons. The molecule has 0 aromatic heterocycles. The Hall–Kier alpha value is -3.33. The van der Waals surface area contributed by atoms with Gasteiger partial charge in [-0.05, 0) is 91.3 Å². The Kier molecular flexibility index (Phi) is 19.3. The minimum Gasteiger partial charge on any atom is -0.444 e. The Labute approximate surface area is 357 Å². The lowest BCUT2D eigenvalue weighted by atomic mass is 10.1. The summed E-state index contributed by atoms with van der Waals surface area (Å²) in [5, 5.41) is 4.54. The third-order valence-corrected chi connectivity index (χ3v) is 10.4. The number of anilines is 2. The Balaban J connectivity index is 0.000000254. The molecule has 1 N–H and O–H groups in total. The molecular formula is C43H68Cl2N6O7. The number of hydrogen-bond acceptors (Lipinski definition) is 11. The number of carbonyl (C=O) groups is 3. The zero-order valence-electron chi connectivity index (χ0n) is 35.2. The number of piperazine rings is 2. The summed E-state index contributed by atoms with van der Waals surface area (Å²) < 4.78 is 21.5. The van der Waals surface area contributed by atoms with Crippen molar-refractivity contribution in [3.63, 3.8) is 0 Å². The largest absolute Gasteiger partial charge is 0.444 e. The molecule has 4 heterocycles. The van der Waals surface area contributed by atoms with Crippen molar-refractivity contribution < 1.29 is 33.3 Å². The van der Waals surface area contributed by atoms with Crippen molar-refractivity contribution in [2.45, 2.75) is 92.6 Å². The molecule has 4 aliphatic heterocycles. The zero-order chi connectivity index (χ0) is 41.8. The molecule has 0 radical (unpaired) electrons. The van der Waals surface area contributed by atoms with Crippen LogP contribution in [-0.4, -0.2) is 148 Å². The maximum Gasteiger partial charge on any atom is 0.410 e. The first-order chi connectivity index (χ1) is 26.9. The summed E-state index contributed by atoms with van der Waals surface area (Å²) in [4.78, 5) is 45.1. The standard InChI is InChI=1S/C21H32ClN3O3.C11H12ClNO2.C10H20N2O2.CH4/c1-16-14-23(7-8-25(16)20(26)28-21(2,3)4)15-17-5-6-18(13-19(17)22)24-9-11-27-12-10-24;12-11-7-10(2-1-9(11)8-14)13-3-5-15-6-4-13;1-8-7-11-5-6-12(8)9(13)14-10(2,3)4;/h5-6,13,16H,7-12,14-15H2,1-4H3;1-2,7-8H,3-6H2;8,11H,5-7H2,1-4H3;1H4/t16-;;8-;/m0.0./s1. The van der Waals surface area contributed by atoms with E-state index >= 15 is 0 Å². The van der Waals surface area contributed by atoms with Crippen molar-refractivity contribution in [1.82, 2.24) is 20.0 Å². The van der Waals surface area contributed by atoms with Crippen LogP contribution in [0, 0.1) is 0 Å². The molecular weight excluding hydrogens is 783 g/mol. The molecule has 58 heavy (non-hydrogen) atoms. The van der Waals surface area contributed by atoms with E-state index in [1.807, 2.05) is 65.5 Å². The molecule has 13 nitrogen and oxygen atoms in total. The average Bonchev–Trinajstić information content (AvgIpc) is 3.15. The van der Waals surface area contributed by atoms with Gasteiger partial charge in [0.25, 0.3) is 0 Å². The lowest BCUT2D eigenvalue weighted by molar-refractivity contribution is 0.000474. The number of carbonyl (C=O) groups excluding carboxylic acids is 3. The first-order valence-corrected chi connectivity index (χ1v) is 20.8. The number of rotatable bonds is 5. The highest BCUT2D eigenvalue weighted by atomic mass is 35.5. The predicted molar refractivity (Wildman–Crippen MR) is 234 cm³/mol. The number of halogens is 2. The van der Waals surface area contributed by atoms with Gasteiger partial charge in [-0.3, -0.25) is 9.69 Å². The van der Waals surface area contributed by atoms with Crippen molar-refractivity contribution in [3.8, 4) is 0 Å². The van der Waals surface area contributed by atoms with Crippen LogP contribution >= 0.6 is 23.2 Å². The number of nitrogens with zero attached hydrogens (tertiary/aromatic N) is 5. The van der Waals surface area contributed by atoms with Crippen molar-refractivity contribution >= 4 is 53.0 Å². The molecule has 15 heteroatoms. The van der Waals surface area contributed by atoms with Gasteiger partial charge >= 0.3 is 12.2 Å². The lowest BCUT2D eigenvalue weighted by Crippen LogP contribution is -2.54. The van der Waals surface area contributed by atoms with Crippen LogP contribution in [-0.2, 0) is 25.5 Å². The van der Waals surface area contributed by atoms with Crippen molar-refractivity contribution in [1.29, 1.82) is 0 Å². The fraction of sp³-hybridized carbons (Fsp3) is 0.651. The highest BCUT2D eigenvalue weighted by Crippen LogP contribution is 2.27. The van der Waals surface area contributed by atoms with Gasteiger partial charge in [0, 0.05) is 106 Å². The molecule has 4 aliphatic rings. The number of ether oxygens (including phenoxy) is 4. The second-order valence-electron chi connectivity index (χ2n) is 16.8. The van der Waals surface area contributed by atoms with E-state index in [9.17, 15) is 14.4 Å². The van der Waals surface area contributed by atoms with Gasteiger partial charge in [-0.1, -0.05) is 36.7 Å². The Morgan fingerprint density at radius 1 is 0.741 bits per heavy atom. The molecule has 2 amide bonds. The van der Waals surface area contributed by atoms with Crippen molar-refractivity contribution in [3.05, 3.63) is 57.6 Å². The van der Waals surface area contributed by atoms with Crippen molar-refractivity contribution in [2.24, 2.45) is 0 Å². The van der Waals surface area contributed by atoms with E-state index in [0.29, 0.717) is 17.1 Å². The number of nitrogens with one attached hydrogen (secondary N) is 1. The van der Waals surface area contributed by atoms with Crippen LogP contribution in [0.25, 0.3) is 0 Å². The van der Waals surface area contributed by atoms with E-state index in [0.717, 1.165) is 120 Å². The molecule has 0 saturated carbocycles. The summed E-state index contributed by atoms with van der Waals surface area (Å²) in [6.45, 7) is 27.5. The van der Waals surface area contributed by atoms with Gasteiger partial charge in [0.2, 0.25) is 0 Å². The summed E-state index contributed by atoms with van der Waals surface area (Å²) in [6, 6.07) is 12.2. The Morgan fingerprint density at radius 3 is 1.69 bits per heavy atom. The molecule has 4 fully saturated rings. The van der Waals surface area contributed by atoms with E-state index in [-0.39, 0.29) is 31.7 Å². The van der Waals surface area contributed by atoms with Crippen LogP contribution in [0.1, 0.15) is 78.7 Å². The molecule has 4 saturated heterocycles. The summed E-state index contributed by atoms with van der Waals surface area (Å²) in [5.41, 5.74) is 2.99. The molecule has 6 rings (SSSR count). The van der Waals surface area contributed by atoms with Crippen LogP contribution in [0.15, 0.2) is 36.4 Å². The fourth-order valence-electron chi connectivity index (χ4n) is 6.75. The summed E-state index contributed by atoms with van der Waals surface area (Å²) >= 11 is 12.5. The molecule has 2 atom stereocenters. The van der Waals surface area contributed by atoms with Crippen LogP contribution in [0.2, 0.25) is 10.0 Å². The first-order valence-electron chi connectivity index (χ1n) is 20.0. The third-order valence-electron chi connectivity index (χ3n) is 9.76. The smallest absolute Gasteiger partial charge is 0.410 e. The van der Waals surface area contributed by atoms with Gasteiger partial charge in [-0.25, -0.2) is 9.59 Å². The van der Waals surface area contributed by atoms with Crippen LogP contribution in [0.3, 0.4) is 0 Å². The number of amides is 2. The molecule has 0 bridgehead atoms. The molecule has 0 spiro atoms. The van der Waals surface area contributed by atoms with Gasteiger partial charge in [-0.15, -0.1) is 0 Å². The molecule has 2 aromatic rings. The number of morpholine rings is 2. The highest BCUT2D eigenvalue weighted by Gasteiger charge is 2.31. The summed E-state index contributed by atoms with van der Waals surface area (Å²) in [5.74, 6) is 0. The topological polar surface area (TPSA) is 116 Å². The number of aldehydes is 1. The molecule has 0 unspecified atom stereocenters. The van der Waals surface area contributed by atoms with Gasteiger partial charge in [0.05, 0.1) is 31.5 Å². The predicted octanol–water partition coefficient (Wildman–Crippen LogP) is 7.46. The van der Waals surface area contributed by atoms with Gasteiger partial charge < -0.3 is 43.9 Å². The maximum atomic E-state index is 12.4. The van der Waals surface area contributed by atoms with Crippen LogP contribution < -0.4 is 15.1 Å². The van der Waals surface area contributed by atoms with E-state index in [1.165, 1.54) is 0 Å². The summed E-state index contributed by atoms with van der Waals surface area (Å²) in [7, 11) is 0. The quantitative estimate of drug-likeness (QED) is 0.303.